The van der Waals surface area contributed by atoms with Crippen LogP contribution in [0.1, 0.15) is 119 Å². The molecule has 1 saturated heterocycles. The maximum Gasteiger partial charge on any atom is 0.497 e. The van der Waals surface area contributed by atoms with Gasteiger partial charge in [-0.1, -0.05) is 63.6 Å². The molecule has 2 bridgehead atoms. The lowest BCUT2D eigenvalue weighted by Crippen LogP contribution is -2.65. The average Bonchev–Trinajstić information content (AvgIpc) is 3.64. The van der Waals surface area contributed by atoms with Crippen LogP contribution in [0.3, 0.4) is 0 Å². The molecule has 7 amide bonds. The fourth-order valence-electron chi connectivity index (χ4n) is 9.44. The molecule has 396 valence electrons. The molecule has 4 fully saturated rings. The quantitative estimate of drug-likeness (QED) is 0.0670. The van der Waals surface area contributed by atoms with Gasteiger partial charge in [-0.2, -0.15) is 0 Å². The Morgan fingerprint density at radius 3 is 1.69 bits per heavy atom. The molecule has 22 heteroatoms. The lowest BCUT2D eigenvalue weighted by molar-refractivity contribution is -0.199. The Bertz CT molecular complexity index is 2270. The highest BCUT2D eigenvalue weighted by atomic mass is 35.5. The molecule has 11 N–H and O–H groups in total. The molecule has 0 radical (unpaired) electrons. The first-order chi connectivity index (χ1) is 33.4. The van der Waals surface area contributed by atoms with E-state index in [1.807, 2.05) is 32.9 Å². The minimum Gasteiger partial charge on any atom is -0.444 e. The molecule has 1 unspecified atom stereocenters. The fraction of sp³-hybridized carbons (Fsp3) is 0.620. The number of carbonyl (C=O) groups excluding carboxylic acids is 7. The van der Waals surface area contributed by atoms with Gasteiger partial charge >= 0.3 is 19.3 Å². The summed E-state index contributed by atoms with van der Waals surface area (Å²) in [6, 6.07) is 8.74. The molecular formula is C50H75BClN9O11. The molecule has 72 heavy (non-hydrogen) atoms. The molecule has 20 nitrogen and oxygen atoms in total. The van der Waals surface area contributed by atoms with Crippen molar-refractivity contribution < 1.29 is 52.3 Å². The van der Waals surface area contributed by atoms with Crippen LogP contribution in [0.5, 0.6) is 0 Å². The van der Waals surface area contributed by atoms with Crippen molar-refractivity contribution in [2.75, 3.05) is 13.1 Å². The van der Waals surface area contributed by atoms with E-state index in [4.69, 9.17) is 41.9 Å². The maximum atomic E-state index is 14.2. The third-order valence-electron chi connectivity index (χ3n) is 13.3. The number of nitrogens with two attached hydrogens (primary N) is 2. The van der Waals surface area contributed by atoms with Crippen LogP contribution in [0.15, 0.2) is 48.5 Å². The molecule has 3 aliphatic carbocycles. The number of benzene rings is 2. The van der Waals surface area contributed by atoms with Gasteiger partial charge in [-0.3, -0.25) is 24.0 Å². The van der Waals surface area contributed by atoms with Gasteiger partial charge in [-0.25, -0.2) is 9.59 Å². The monoisotopic (exact) mass is 1020 g/mol. The Kier molecular flexibility index (Phi) is 18.8. The predicted molar refractivity (Wildman–Crippen MR) is 272 cm³/mol. The summed E-state index contributed by atoms with van der Waals surface area (Å²) in [5.41, 5.74) is 12.5. The molecule has 9 atom stereocenters. The molecule has 3 saturated carbocycles. The van der Waals surface area contributed by atoms with E-state index in [1.165, 1.54) is 0 Å². The standard InChI is InChI=1S/C50H75BClN9O11/c1-27(2)24-35(42(65)61-44(54)51-71-37-26-31-25-36(49(31,9)10)50(37,11)72-51)59-43(66)38(53)60-41(64)34(21-23-56-46(68)70-48(6,7)8)58-40(63)33(20-22-55-45(67)69-47(3,4)5)57-39(62)30-14-12-28(13-15-30)29-16-18-32(52)19-17-29/h12-19,27,31,33-38,44H,20-26,53-54H2,1-11H3,(H,55,67)(H,56,68)(H,57,62)(H,58,63)(H,59,66)(H,60,64)(H,61,65)/t31-,33-,34-,35-,36-,37?,38+,44+,50-/m0/s1. The minimum atomic E-state index is -1.74. The van der Waals surface area contributed by atoms with Gasteiger partial charge in [-0.05, 0) is 139 Å². The van der Waals surface area contributed by atoms with Crippen molar-refractivity contribution in [1.82, 2.24) is 37.2 Å². The number of amides is 7. The van der Waals surface area contributed by atoms with E-state index in [2.05, 4.69) is 51.1 Å². The Hall–Kier alpha value is -5.48. The Morgan fingerprint density at radius 1 is 0.694 bits per heavy atom. The number of ether oxygens (including phenoxy) is 2. The second-order valence-corrected chi connectivity index (χ2v) is 22.6. The summed E-state index contributed by atoms with van der Waals surface area (Å²) in [6.45, 7) is 20.0. The number of hydrogen-bond acceptors (Lipinski definition) is 13. The Labute approximate surface area is 428 Å². The van der Waals surface area contributed by atoms with E-state index in [9.17, 15) is 33.6 Å². The number of hydrogen-bond donors (Lipinski definition) is 9. The first kappa shape index (κ1) is 57.4. The van der Waals surface area contributed by atoms with E-state index in [-0.39, 0.29) is 61.3 Å². The van der Waals surface area contributed by atoms with Gasteiger partial charge in [0.05, 0.1) is 11.7 Å². The number of nitrogens with one attached hydrogen (secondary N) is 7. The van der Waals surface area contributed by atoms with Crippen LogP contribution < -0.4 is 48.7 Å². The largest absolute Gasteiger partial charge is 0.497 e. The summed E-state index contributed by atoms with van der Waals surface area (Å²) in [5.74, 6) is -3.29. The summed E-state index contributed by atoms with van der Waals surface area (Å²) in [5, 5.41) is 18.8. The van der Waals surface area contributed by atoms with Crippen LogP contribution in [0.2, 0.25) is 5.02 Å². The smallest absolute Gasteiger partial charge is 0.444 e. The third-order valence-corrected chi connectivity index (χ3v) is 13.5. The van der Waals surface area contributed by atoms with Crippen molar-refractivity contribution in [3.8, 4) is 11.1 Å². The van der Waals surface area contributed by atoms with Crippen LogP contribution in [0.25, 0.3) is 11.1 Å². The van der Waals surface area contributed by atoms with Gasteiger partial charge in [0.1, 0.15) is 35.4 Å². The van der Waals surface area contributed by atoms with Gasteiger partial charge in [0.25, 0.3) is 11.8 Å². The van der Waals surface area contributed by atoms with Crippen LogP contribution in [0.4, 0.5) is 9.59 Å². The average molecular weight is 1020 g/mol. The predicted octanol–water partition coefficient (Wildman–Crippen LogP) is 4.02. The number of rotatable bonds is 20. The molecule has 2 aromatic carbocycles. The lowest BCUT2D eigenvalue weighted by atomic mass is 9.43. The molecule has 4 aliphatic rings. The van der Waals surface area contributed by atoms with Crippen molar-refractivity contribution in [2.45, 2.75) is 162 Å². The van der Waals surface area contributed by atoms with Crippen LogP contribution in [0, 0.1) is 23.2 Å². The van der Waals surface area contributed by atoms with Gasteiger partial charge < -0.3 is 67.5 Å². The molecule has 6 rings (SSSR count). The SMILES string of the molecule is CC(C)C[C@H](NC(=O)[C@H](N)NC(=O)[C@H](CCNC(=O)OC(C)(C)C)NC(=O)[C@H](CCNC(=O)OC(C)(C)C)NC(=O)c1ccc(-c2ccc(Cl)cc2)cc1)C(=O)N[C@@H](N)B1OC2C[C@@H]3C[C@@H](C3(C)C)[C@]2(C)O1. The van der Waals surface area contributed by atoms with E-state index < -0.39 is 96.0 Å². The molecule has 0 aromatic heterocycles. The number of alkyl carbamates (subject to hydrolysis) is 2. The zero-order valence-electron chi connectivity index (χ0n) is 43.4. The third kappa shape index (κ3) is 15.5. The number of halogens is 1. The summed E-state index contributed by atoms with van der Waals surface area (Å²) in [4.78, 5) is 94.5. The highest BCUT2D eigenvalue weighted by Gasteiger charge is 2.68. The Balaban J connectivity index is 1.28. The summed E-state index contributed by atoms with van der Waals surface area (Å²) in [7, 11) is -0.922. The van der Waals surface area contributed by atoms with Crippen LogP contribution in [-0.2, 0) is 38.0 Å². The van der Waals surface area contributed by atoms with Crippen molar-refractivity contribution in [2.24, 2.45) is 34.6 Å². The highest BCUT2D eigenvalue weighted by molar-refractivity contribution is 6.47. The van der Waals surface area contributed by atoms with Gasteiger partial charge in [0.2, 0.25) is 17.7 Å². The van der Waals surface area contributed by atoms with E-state index in [0.717, 1.165) is 24.0 Å². The number of carbonyl (C=O) groups is 7. The van der Waals surface area contributed by atoms with Crippen LogP contribution >= 0.6 is 11.6 Å². The first-order valence-electron chi connectivity index (χ1n) is 24.6. The molecule has 2 aromatic rings. The van der Waals surface area contributed by atoms with E-state index in [0.29, 0.717) is 10.9 Å². The zero-order chi connectivity index (χ0) is 53.5. The minimum absolute atomic E-state index is 0.0866. The Morgan fingerprint density at radius 2 is 1.18 bits per heavy atom. The fourth-order valence-corrected chi connectivity index (χ4v) is 9.57. The van der Waals surface area contributed by atoms with Gasteiger partial charge in [0.15, 0.2) is 6.17 Å². The summed E-state index contributed by atoms with van der Waals surface area (Å²) >= 11 is 6.05. The second-order valence-electron chi connectivity index (χ2n) is 22.2. The van der Waals surface area contributed by atoms with Gasteiger partial charge in [0, 0.05) is 23.7 Å². The zero-order valence-corrected chi connectivity index (χ0v) is 44.1. The molecular weight excluding hydrogens is 949 g/mol. The lowest BCUT2D eigenvalue weighted by Gasteiger charge is -2.64. The topological polar surface area (TPSA) is 293 Å². The van der Waals surface area contributed by atoms with Crippen molar-refractivity contribution in [3.05, 3.63) is 59.1 Å². The molecule has 0 spiro atoms. The summed E-state index contributed by atoms with van der Waals surface area (Å²) in [6.07, 6.45) is -1.84. The second kappa shape index (κ2) is 23.6. The first-order valence-corrected chi connectivity index (χ1v) is 25.0. The molecule has 1 aliphatic heterocycles. The van der Waals surface area contributed by atoms with Crippen molar-refractivity contribution in [1.29, 1.82) is 0 Å². The normalized spacial score (nSPS) is 22.0. The highest BCUT2D eigenvalue weighted by Crippen LogP contribution is 2.65. The van der Waals surface area contributed by atoms with Crippen molar-refractivity contribution >= 4 is 60.4 Å². The van der Waals surface area contributed by atoms with Gasteiger partial charge in [-0.15, -0.1) is 0 Å². The van der Waals surface area contributed by atoms with E-state index in [1.54, 1.807) is 77.9 Å². The summed E-state index contributed by atoms with van der Waals surface area (Å²) < 4.78 is 23.3. The molecule has 1 heterocycles. The maximum absolute atomic E-state index is 14.2. The van der Waals surface area contributed by atoms with E-state index >= 15 is 0 Å². The van der Waals surface area contributed by atoms with Crippen molar-refractivity contribution in [3.63, 3.8) is 0 Å². The van der Waals surface area contributed by atoms with Crippen LogP contribution in [-0.4, -0.2) is 115 Å².